The Hall–Kier alpha value is 0.130. The molecule has 0 rings (SSSR count). The van der Waals surface area contributed by atoms with Crippen LogP contribution in [0, 0.1) is 0 Å². The lowest BCUT2D eigenvalue weighted by Gasteiger charge is -2.02. The fourth-order valence-electron chi connectivity index (χ4n) is 0.166. The number of hydrogen-bond donors (Lipinski definition) is 4. The molecule has 1 atom stereocenters. The maximum atomic E-state index is 10.4. The van der Waals surface area contributed by atoms with Crippen molar-refractivity contribution in [3.63, 3.8) is 0 Å². The van der Waals surface area contributed by atoms with Gasteiger partial charge in [-0.15, -0.1) is 0 Å². The summed E-state index contributed by atoms with van der Waals surface area (Å²) < 4.78 is 2.10. The second kappa shape index (κ2) is 4.05. The van der Waals surface area contributed by atoms with E-state index in [0.717, 1.165) is 0 Å². The highest BCUT2D eigenvalue weighted by Gasteiger charge is 2.07. The predicted molar refractivity (Wildman–Crippen MR) is 39.0 cm³/mol. The van der Waals surface area contributed by atoms with E-state index in [0.29, 0.717) is 5.75 Å². The Labute approximate surface area is 59.0 Å². The Bertz CT molecular complexity index is 87.4. The minimum Gasteiger partial charge on any atom is -0.319 e. The molecule has 0 aliphatic heterocycles. The van der Waals surface area contributed by atoms with E-state index >= 15 is 0 Å². The summed E-state index contributed by atoms with van der Waals surface area (Å²) in [7, 11) is 0. The molecule has 0 aliphatic rings. The van der Waals surface area contributed by atoms with Crippen molar-refractivity contribution in [1.82, 2.24) is 4.72 Å². The Morgan fingerprint density at radius 2 is 2.38 bits per heavy atom. The number of carbonyl (C=O) groups excluding carboxylic acids is 1. The number of thiol groups is 2. The van der Waals surface area contributed by atoms with Crippen molar-refractivity contribution in [3.8, 4) is 0 Å². The first-order valence-electron chi connectivity index (χ1n) is 2.02. The molecule has 0 aliphatic carbocycles. The molecule has 0 aromatic carbocycles. The van der Waals surface area contributed by atoms with E-state index in [1.54, 1.807) is 0 Å². The fraction of sp³-hybridized carbons (Fsp3) is 0.667. The fourth-order valence-corrected chi connectivity index (χ4v) is 0.497. The van der Waals surface area contributed by atoms with Crippen LogP contribution in [-0.4, -0.2) is 17.7 Å². The van der Waals surface area contributed by atoms with Crippen molar-refractivity contribution in [1.29, 1.82) is 0 Å². The number of carbonyl (C=O) groups is 1. The smallest absolute Gasteiger partial charge is 0.247 e. The molecule has 0 bridgehead atoms. The highest BCUT2D eigenvalue weighted by atomic mass is 32.1. The lowest BCUT2D eigenvalue weighted by Crippen LogP contribution is -2.37. The summed E-state index contributed by atoms with van der Waals surface area (Å²) in [6.07, 6.45) is 0. The maximum absolute atomic E-state index is 10.4. The van der Waals surface area contributed by atoms with Gasteiger partial charge in [-0.1, -0.05) is 12.8 Å². The van der Waals surface area contributed by atoms with Crippen LogP contribution in [0.15, 0.2) is 0 Å². The summed E-state index contributed by atoms with van der Waals surface area (Å²) >= 11 is 7.28. The van der Waals surface area contributed by atoms with E-state index in [1.807, 2.05) is 0 Å². The number of amides is 1. The van der Waals surface area contributed by atoms with Gasteiger partial charge in [0.25, 0.3) is 0 Å². The quantitative estimate of drug-likeness (QED) is 0.392. The highest BCUT2D eigenvalue weighted by Crippen LogP contribution is 1.82. The van der Waals surface area contributed by atoms with Gasteiger partial charge in [-0.2, -0.15) is 12.6 Å². The van der Waals surface area contributed by atoms with Gasteiger partial charge in [0.1, 0.15) is 0 Å². The Morgan fingerprint density at radius 1 is 1.88 bits per heavy atom. The summed E-state index contributed by atoms with van der Waals surface area (Å²) in [5, 5.41) is 0. The van der Waals surface area contributed by atoms with Crippen molar-refractivity contribution in [2.75, 3.05) is 5.75 Å². The molecule has 8 heavy (non-hydrogen) atoms. The van der Waals surface area contributed by atoms with Gasteiger partial charge in [0, 0.05) is 5.75 Å². The van der Waals surface area contributed by atoms with Crippen molar-refractivity contribution >= 4 is 31.4 Å². The average Bonchev–Trinajstić information content (AvgIpc) is 1.84. The van der Waals surface area contributed by atoms with Gasteiger partial charge < -0.3 is 10.5 Å². The van der Waals surface area contributed by atoms with E-state index in [9.17, 15) is 4.79 Å². The monoisotopic (exact) mass is 152 g/mol. The number of rotatable bonds is 2. The molecular formula is C3H8N2OS2. The van der Waals surface area contributed by atoms with Crippen LogP contribution in [0.5, 0.6) is 0 Å². The van der Waals surface area contributed by atoms with Gasteiger partial charge in [-0.25, -0.2) is 0 Å². The molecular weight excluding hydrogens is 144 g/mol. The summed E-state index contributed by atoms with van der Waals surface area (Å²) in [6.45, 7) is 0. The average molecular weight is 152 g/mol. The minimum atomic E-state index is -0.546. The standard InChI is InChI=1S/C3H8N2OS2/c4-2(1-7)3(6)5-8/h2,7-8H,1,4H2,(H,5,6)/t2-/m0/s1. The number of hydrogen-bond acceptors (Lipinski definition) is 4. The Kier molecular flexibility index (Phi) is 4.12. The molecule has 0 heterocycles. The van der Waals surface area contributed by atoms with Crippen LogP contribution >= 0.6 is 25.4 Å². The van der Waals surface area contributed by atoms with Gasteiger partial charge in [-0.05, 0) is 0 Å². The molecule has 0 unspecified atom stereocenters. The zero-order valence-electron chi connectivity index (χ0n) is 4.16. The molecule has 0 saturated heterocycles. The van der Waals surface area contributed by atoms with Crippen LogP contribution in [0.4, 0.5) is 0 Å². The molecule has 5 heteroatoms. The first kappa shape index (κ1) is 8.13. The van der Waals surface area contributed by atoms with E-state index in [2.05, 4.69) is 30.2 Å². The largest absolute Gasteiger partial charge is 0.319 e. The molecule has 0 aromatic heterocycles. The third-order valence-corrected chi connectivity index (χ3v) is 1.26. The van der Waals surface area contributed by atoms with Crippen LogP contribution in [0.3, 0.4) is 0 Å². The molecule has 1 amide bonds. The SMILES string of the molecule is N[C@@H](CS)C(=O)NS. The van der Waals surface area contributed by atoms with Crippen LogP contribution < -0.4 is 10.5 Å². The molecule has 0 radical (unpaired) electrons. The van der Waals surface area contributed by atoms with Crippen molar-refractivity contribution in [3.05, 3.63) is 0 Å². The number of nitrogens with one attached hydrogen (secondary N) is 1. The van der Waals surface area contributed by atoms with Crippen LogP contribution in [-0.2, 0) is 4.79 Å². The molecule has 0 aromatic rings. The third kappa shape index (κ3) is 2.44. The molecule has 0 spiro atoms. The first-order chi connectivity index (χ1) is 3.72. The zero-order chi connectivity index (χ0) is 6.57. The van der Waals surface area contributed by atoms with Crippen LogP contribution in [0.1, 0.15) is 0 Å². The van der Waals surface area contributed by atoms with Gasteiger partial charge in [0.15, 0.2) is 0 Å². The van der Waals surface area contributed by atoms with Crippen molar-refractivity contribution in [2.45, 2.75) is 6.04 Å². The second-order valence-corrected chi connectivity index (χ2v) is 1.85. The van der Waals surface area contributed by atoms with E-state index in [4.69, 9.17) is 5.73 Å². The summed E-state index contributed by atoms with van der Waals surface area (Å²) in [5.74, 6) is 0.0372. The summed E-state index contributed by atoms with van der Waals surface area (Å²) in [5.41, 5.74) is 5.19. The van der Waals surface area contributed by atoms with Crippen molar-refractivity contribution < 1.29 is 4.79 Å². The molecule has 48 valence electrons. The van der Waals surface area contributed by atoms with Gasteiger partial charge in [0.05, 0.1) is 6.04 Å². The summed E-state index contributed by atoms with van der Waals surface area (Å²) in [6, 6.07) is -0.546. The van der Waals surface area contributed by atoms with E-state index in [1.165, 1.54) is 0 Å². The Balaban J connectivity index is 3.46. The van der Waals surface area contributed by atoms with Crippen molar-refractivity contribution in [2.24, 2.45) is 5.73 Å². The predicted octanol–water partition coefficient (Wildman–Crippen LogP) is -0.796. The Morgan fingerprint density at radius 3 is 2.50 bits per heavy atom. The molecule has 0 saturated carbocycles. The summed E-state index contributed by atoms with van der Waals surface area (Å²) in [4.78, 5) is 10.4. The lowest BCUT2D eigenvalue weighted by molar-refractivity contribution is -0.119. The molecule has 3 N–H and O–H groups in total. The first-order valence-corrected chi connectivity index (χ1v) is 3.10. The maximum Gasteiger partial charge on any atom is 0.247 e. The second-order valence-electron chi connectivity index (χ2n) is 1.27. The molecule has 0 fully saturated rings. The topological polar surface area (TPSA) is 55.1 Å². The molecule has 3 nitrogen and oxygen atoms in total. The number of nitrogens with two attached hydrogens (primary N) is 1. The zero-order valence-corrected chi connectivity index (χ0v) is 5.95. The van der Waals surface area contributed by atoms with E-state index < -0.39 is 6.04 Å². The van der Waals surface area contributed by atoms with Crippen LogP contribution in [0.2, 0.25) is 0 Å². The van der Waals surface area contributed by atoms with Gasteiger partial charge >= 0.3 is 0 Å². The normalized spacial score (nSPS) is 12.9. The van der Waals surface area contributed by atoms with Gasteiger partial charge in [0.2, 0.25) is 5.91 Å². The van der Waals surface area contributed by atoms with Crippen LogP contribution in [0.25, 0.3) is 0 Å². The minimum absolute atomic E-state index is 0.302. The van der Waals surface area contributed by atoms with E-state index in [-0.39, 0.29) is 5.91 Å². The third-order valence-electron chi connectivity index (χ3n) is 0.644. The van der Waals surface area contributed by atoms with Gasteiger partial charge in [-0.3, -0.25) is 4.79 Å². The lowest BCUT2D eigenvalue weighted by atomic mass is 10.3. The highest BCUT2D eigenvalue weighted by molar-refractivity contribution is 7.80.